The van der Waals surface area contributed by atoms with Crippen LogP contribution in [0, 0.1) is 16.7 Å². The van der Waals surface area contributed by atoms with Crippen LogP contribution in [0.25, 0.3) is 0 Å². The van der Waals surface area contributed by atoms with Gasteiger partial charge < -0.3 is 10.6 Å². The summed E-state index contributed by atoms with van der Waals surface area (Å²) in [6, 6.07) is 3.77. The number of nitrogens with two attached hydrogens (primary N) is 1. The van der Waals surface area contributed by atoms with Crippen molar-refractivity contribution in [1.82, 2.24) is 4.98 Å². The van der Waals surface area contributed by atoms with Gasteiger partial charge in [0.1, 0.15) is 11.9 Å². The van der Waals surface area contributed by atoms with E-state index in [4.69, 9.17) is 11.0 Å². The molecule has 0 atom stereocenters. The molecule has 16 heavy (non-hydrogen) atoms. The van der Waals surface area contributed by atoms with Gasteiger partial charge in [0.15, 0.2) is 0 Å². The Kier molecular flexibility index (Phi) is 3.38. The molecule has 1 aromatic rings. The Morgan fingerprint density at radius 2 is 2.12 bits per heavy atom. The first kappa shape index (κ1) is 12.3. The largest absolute Gasteiger partial charge is 0.397 e. The monoisotopic (exact) mass is 218 g/mol. The molecule has 1 rings (SSSR count). The van der Waals surface area contributed by atoms with Crippen molar-refractivity contribution in [3.05, 3.63) is 17.8 Å². The number of nitriles is 1. The third-order valence-electron chi connectivity index (χ3n) is 2.08. The average Bonchev–Trinajstić information content (AvgIpc) is 2.14. The lowest BCUT2D eigenvalue weighted by atomic mass is 9.96. The molecule has 1 aromatic heterocycles. The number of hydrogen-bond acceptors (Lipinski definition) is 4. The summed E-state index contributed by atoms with van der Waals surface area (Å²) in [5, 5.41) is 9.02. The van der Waals surface area contributed by atoms with Gasteiger partial charge in [-0.3, -0.25) is 0 Å². The van der Waals surface area contributed by atoms with Gasteiger partial charge in [0.05, 0.1) is 17.4 Å². The highest BCUT2D eigenvalue weighted by atomic mass is 15.2. The molecular weight excluding hydrogens is 200 g/mol. The van der Waals surface area contributed by atoms with E-state index in [-0.39, 0.29) is 5.41 Å². The van der Waals surface area contributed by atoms with Crippen LogP contribution >= 0.6 is 0 Å². The number of hydrogen-bond donors (Lipinski definition) is 1. The van der Waals surface area contributed by atoms with Crippen molar-refractivity contribution >= 4 is 11.5 Å². The molecule has 4 heteroatoms. The lowest BCUT2D eigenvalue weighted by Gasteiger charge is -2.27. The molecule has 0 saturated carbocycles. The highest BCUT2D eigenvalue weighted by molar-refractivity contribution is 5.58. The molecule has 4 nitrogen and oxygen atoms in total. The Morgan fingerprint density at radius 1 is 1.50 bits per heavy atom. The zero-order chi connectivity index (χ0) is 12.3. The van der Waals surface area contributed by atoms with Crippen molar-refractivity contribution in [3.8, 4) is 6.07 Å². The topological polar surface area (TPSA) is 65.9 Å². The van der Waals surface area contributed by atoms with Crippen LogP contribution in [0.3, 0.4) is 0 Å². The molecule has 0 aliphatic carbocycles. The third-order valence-corrected chi connectivity index (χ3v) is 2.08. The van der Waals surface area contributed by atoms with Gasteiger partial charge in [0.2, 0.25) is 0 Å². The predicted molar refractivity (Wildman–Crippen MR) is 66.1 cm³/mol. The summed E-state index contributed by atoms with van der Waals surface area (Å²) >= 11 is 0. The minimum Gasteiger partial charge on any atom is -0.397 e. The lowest BCUT2D eigenvalue weighted by Crippen LogP contribution is -2.30. The maximum atomic E-state index is 9.02. The van der Waals surface area contributed by atoms with Gasteiger partial charge in [-0.05, 0) is 11.5 Å². The fourth-order valence-corrected chi connectivity index (χ4v) is 1.65. The Hall–Kier alpha value is -1.76. The molecule has 0 aliphatic heterocycles. The normalized spacial score (nSPS) is 10.9. The second-order valence-electron chi connectivity index (χ2n) is 5.17. The van der Waals surface area contributed by atoms with Crippen LogP contribution in [-0.4, -0.2) is 18.6 Å². The maximum absolute atomic E-state index is 9.02. The van der Waals surface area contributed by atoms with Crippen LogP contribution in [0.15, 0.2) is 12.3 Å². The van der Waals surface area contributed by atoms with Crippen molar-refractivity contribution in [2.45, 2.75) is 20.8 Å². The summed E-state index contributed by atoms with van der Waals surface area (Å²) in [7, 11) is 1.94. The molecule has 0 fully saturated rings. The second kappa shape index (κ2) is 4.40. The number of nitrogens with zero attached hydrogens (tertiary/aromatic N) is 3. The smallest absolute Gasteiger partial charge is 0.146 e. The molecule has 1 heterocycles. The third kappa shape index (κ3) is 3.13. The van der Waals surface area contributed by atoms with E-state index < -0.39 is 0 Å². The van der Waals surface area contributed by atoms with Crippen LogP contribution in [0.1, 0.15) is 26.3 Å². The van der Waals surface area contributed by atoms with E-state index in [1.165, 1.54) is 0 Å². The van der Waals surface area contributed by atoms with Crippen molar-refractivity contribution in [1.29, 1.82) is 5.26 Å². The molecule has 0 amide bonds. The predicted octanol–water partition coefficient (Wildman–Crippen LogP) is 2.02. The van der Waals surface area contributed by atoms with E-state index >= 15 is 0 Å². The molecule has 86 valence electrons. The van der Waals surface area contributed by atoms with Gasteiger partial charge in [-0.1, -0.05) is 20.8 Å². The number of rotatable bonds is 2. The zero-order valence-electron chi connectivity index (χ0n) is 10.3. The van der Waals surface area contributed by atoms with E-state index in [1.807, 2.05) is 11.9 Å². The second-order valence-corrected chi connectivity index (χ2v) is 5.17. The molecule has 0 saturated heterocycles. The van der Waals surface area contributed by atoms with Gasteiger partial charge in [-0.25, -0.2) is 4.98 Å². The average molecular weight is 218 g/mol. The van der Waals surface area contributed by atoms with E-state index in [1.54, 1.807) is 12.3 Å². The summed E-state index contributed by atoms with van der Waals surface area (Å²) in [6.45, 7) is 7.27. The van der Waals surface area contributed by atoms with Gasteiger partial charge in [0, 0.05) is 13.6 Å². The minimum absolute atomic E-state index is 0.157. The van der Waals surface area contributed by atoms with E-state index in [2.05, 4.69) is 31.8 Å². The zero-order valence-corrected chi connectivity index (χ0v) is 10.3. The fraction of sp³-hybridized carbons (Fsp3) is 0.500. The Morgan fingerprint density at radius 3 is 2.62 bits per heavy atom. The van der Waals surface area contributed by atoms with Crippen LogP contribution in [0.2, 0.25) is 0 Å². The summed E-state index contributed by atoms with van der Waals surface area (Å²) in [6.07, 6.45) is 1.58. The van der Waals surface area contributed by atoms with Gasteiger partial charge >= 0.3 is 0 Å². The highest BCUT2D eigenvalue weighted by Gasteiger charge is 2.17. The van der Waals surface area contributed by atoms with Gasteiger partial charge in [-0.15, -0.1) is 0 Å². The molecular formula is C12H18N4. The molecule has 0 aromatic carbocycles. The van der Waals surface area contributed by atoms with Crippen LogP contribution < -0.4 is 10.6 Å². The highest BCUT2D eigenvalue weighted by Crippen LogP contribution is 2.22. The first-order valence-electron chi connectivity index (χ1n) is 5.20. The maximum Gasteiger partial charge on any atom is 0.146 e. The number of nitrogen functional groups attached to an aromatic ring is 1. The molecule has 0 aliphatic rings. The van der Waals surface area contributed by atoms with Crippen LogP contribution in [-0.2, 0) is 0 Å². The molecule has 0 unspecified atom stereocenters. The Balaban J connectivity index is 3.00. The van der Waals surface area contributed by atoms with Crippen molar-refractivity contribution < 1.29 is 0 Å². The molecule has 0 spiro atoms. The first-order valence-corrected chi connectivity index (χ1v) is 5.20. The van der Waals surface area contributed by atoms with Gasteiger partial charge in [-0.2, -0.15) is 5.26 Å². The standard InChI is InChI=1S/C12H18N4/c1-12(2,3)8-16(4)11-9(6-13)5-10(14)7-15-11/h5,7H,8,14H2,1-4H3. The summed E-state index contributed by atoms with van der Waals surface area (Å²) in [4.78, 5) is 6.20. The van der Waals surface area contributed by atoms with E-state index in [0.717, 1.165) is 6.54 Å². The lowest BCUT2D eigenvalue weighted by molar-refractivity contribution is 0.418. The summed E-state index contributed by atoms with van der Waals surface area (Å²) < 4.78 is 0. The van der Waals surface area contributed by atoms with E-state index in [0.29, 0.717) is 17.1 Å². The minimum atomic E-state index is 0.157. The molecule has 2 N–H and O–H groups in total. The van der Waals surface area contributed by atoms with E-state index in [9.17, 15) is 0 Å². The number of aromatic nitrogens is 1. The van der Waals surface area contributed by atoms with Crippen molar-refractivity contribution in [3.63, 3.8) is 0 Å². The fourth-order valence-electron chi connectivity index (χ4n) is 1.65. The number of pyridine rings is 1. The van der Waals surface area contributed by atoms with Crippen molar-refractivity contribution in [2.24, 2.45) is 5.41 Å². The van der Waals surface area contributed by atoms with Gasteiger partial charge in [0.25, 0.3) is 0 Å². The molecule has 0 radical (unpaired) electrons. The number of anilines is 2. The van der Waals surface area contributed by atoms with Crippen LogP contribution in [0.5, 0.6) is 0 Å². The quantitative estimate of drug-likeness (QED) is 0.824. The Bertz CT molecular complexity index is 412. The first-order chi connectivity index (χ1) is 7.33. The van der Waals surface area contributed by atoms with Crippen molar-refractivity contribution in [2.75, 3.05) is 24.2 Å². The summed E-state index contributed by atoms with van der Waals surface area (Å²) in [5.74, 6) is 0.687. The SMILES string of the molecule is CN(CC(C)(C)C)c1ncc(N)cc1C#N. The Labute approximate surface area is 96.7 Å². The van der Waals surface area contributed by atoms with Crippen LogP contribution in [0.4, 0.5) is 11.5 Å². The molecule has 0 bridgehead atoms. The summed E-state index contributed by atoms with van der Waals surface area (Å²) in [5.41, 5.74) is 6.79.